The van der Waals surface area contributed by atoms with Gasteiger partial charge in [0.2, 0.25) is 11.6 Å². The number of phenols is 1. The maximum absolute atomic E-state index is 14.6. The molecule has 38 heavy (non-hydrogen) atoms. The van der Waals surface area contributed by atoms with Gasteiger partial charge in [-0.05, 0) is 35.9 Å². The highest BCUT2D eigenvalue weighted by molar-refractivity contribution is 7.96. The normalized spacial score (nSPS) is 17.7. The summed E-state index contributed by atoms with van der Waals surface area (Å²) in [6, 6.07) is 17.3. The first kappa shape index (κ1) is 25.0. The van der Waals surface area contributed by atoms with Crippen LogP contribution in [0.3, 0.4) is 0 Å². The zero-order chi connectivity index (χ0) is 27.2. The average molecular weight is 536 g/mol. The van der Waals surface area contributed by atoms with Crippen molar-refractivity contribution < 1.29 is 32.1 Å². The van der Waals surface area contributed by atoms with E-state index in [1.807, 2.05) is 6.07 Å². The number of phenolic OH excluding ortho intramolecular Hbond substituents is 1. The summed E-state index contributed by atoms with van der Waals surface area (Å²) in [5.41, 5.74) is 7.06. The van der Waals surface area contributed by atoms with Gasteiger partial charge in [0.15, 0.2) is 17.3 Å². The molecule has 0 bridgehead atoms. The molecule has 0 saturated heterocycles. The lowest BCUT2D eigenvalue weighted by atomic mass is 9.87. The molecule has 194 valence electrons. The molecule has 0 spiro atoms. The fraction of sp³-hybridized carbons (Fsp3) is 0.148. The van der Waals surface area contributed by atoms with Crippen LogP contribution >= 0.6 is 0 Å². The minimum Gasteiger partial charge on any atom is -0.502 e. The number of anilines is 1. The molecule has 1 atom stereocenters. The van der Waals surface area contributed by atoms with E-state index in [2.05, 4.69) is 0 Å². The number of allylic oxidation sites excluding steroid dienone is 2. The van der Waals surface area contributed by atoms with Gasteiger partial charge in [-0.15, -0.1) is 0 Å². The van der Waals surface area contributed by atoms with Gasteiger partial charge in [-0.3, -0.25) is 4.31 Å². The third-order valence-corrected chi connectivity index (χ3v) is 8.35. The molecule has 9 nitrogen and oxygen atoms in total. The molecule has 2 heterocycles. The molecule has 0 radical (unpaired) electrons. The lowest BCUT2D eigenvalue weighted by Gasteiger charge is -2.38. The van der Waals surface area contributed by atoms with Gasteiger partial charge in [-0.1, -0.05) is 30.3 Å². The summed E-state index contributed by atoms with van der Waals surface area (Å²) in [5.74, 6) is -2.41. The Morgan fingerprint density at radius 3 is 2.37 bits per heavy atom. The van der Waals surface area contributed by atoms with Crippen LogP contribution in [0, 0.1) is 17.1 Å². The number of ether oxygens (including phenoxy) is 3. The van der Waals surface area contributed by atoms with E-state index in [9.17, 15) is 23.2 Å². The molecule has 0 fully saturated rings. The predicted molar refractivity (Wildman–Crippen MR) is 137 cm³/mol. The molecule has 0 saturated carbocycles. The number of sulfonamides is 1. The van der Waals surface area contributed by atoms with Crippen LogP contribution in [-0.2, 0) is 21.3 Å². The van der Waals surface area contributed by atoms with E-state index in [4.69, 9.17) is 19.9 Å². The SMILES string of the molecule is COc1cc([C@@H]2C(C#N)=C(N)OC3=C2S(=O)(=O)N(Cc2ccccc2F)c2ccccc23)cc(OC)c1O. The molecule has 11 heteroatoms. The van der Waals surface area contributed by atoms with Gasteiger partial charge in [0.25, 0.3) is 10.0 Å². The number of nitriles is 1. The number of fused-ring (bicyclic) bond motifs is 2. The number of nitrogens with two attached hydrogens (primary N) is 1. The number of methoxy groups -OCH3 is 2. The molecule has 3 aromatic carbocycles. The van der Waals surface area contributed by atoms with E-state index in [1.165, 1.54) is 44.6 Å². The van der Waals surface area contributed by atoms with Gasteiger partial charge < -0.3 is 25.1 Å². The highest BCUT2D eigenvalue weighted by atomic mass is 32.2. The van der Waals surface area contributed by atoms with Crippen LogP contribution < -0.4 is 19.5 Å². The molecule has 0 amide bonds. The lowest BCUT2D eigenvalue weighted by molar-refractivity contribution is 0.338. The van der Waals surface area contributed by atoms with Crippen molar-refractivity contribution in [2.45, 2.75) is 12.5 Å². The molecule has 0 aromatic heterocycles. The third-order valence-electron chi connectivity index (χ3n) is 6.47. The molecule has 0 aliphatic carbocycles. The second-order valence-electron chi connectivity index (χ2n) is 8.51. The number of para-hydroxylation sites is 1. The summed E-state index contributed by atoms with van der Waals surface area (Å²) in [6.07, 6.45) is 0. The largest absolute Gasteiger partial charge is 0.502 e. The van der Waals surface area contributed by atoms with Crippen LogP contribution in [0.5, 0.6) is 17.2 Å². The summed E-state index contributed by atoms with van der Waals surface area (Å²) in [5, 5.41) is 20.5. The van der Waals surface area contributed by atoms with Crippen molar-refractivity contribution in [3.8, 4) is 23.3 Å². The van der Waals surface area contributed by atoms with Crippen molar-refractivity contribution >= 4 is 21.5 Å². The zero-order valence-corrected chi connectivity index (χ0v) is 21.1. The standard InChI is InChI=1S/C27H22FN3O6S/c1-35-21-11-16(12-22(36-2)24(21)32)23-18(13-29)27(30)37-25-17-8-4-6-10-20(17)31(38(33,34)26(23)25)14-15-7-3-5-9-19(15)28/h3-12,23,32H,14,30H2,1-2H3/t23-/m1/s1. The monoisotopic (exact) mass is 535 g/mol. The first-order chi connectivity index (χ1) is 18.2. The average Bonchev–Trinajstić information content (AvgIpc) is 2.91. The first-order valence-corrected chi connectivity index (χ1v) is 12.8. The Kier molecular flexibility index (Phi) is 6.12. The lowest BCUT2D eigenvalue weighted by Crippen LogP contribution is -2.39. The van der Waals surface area contributed by atoms with Crippen molar-refractivity contribution in [1.29, 1.82) is 5.26 Å². The highest BCUT2D eigenvalue weighted by Crippen LogP contribution is 2.53. The molecular formula is C27H22FN3O6S. The van der Waals surface area contributed by atoms with Gasteiger partial charge >= 0.3 is 0 Å². The van der Waals surface area contributed by atoms with E-state index in [0.717, 1.165) is 4.31 Å². The molecule has 5 rings (SSSR count). The third kappa shape index (κ3) is 3.77. The topological polar surface area (TPSA) is 135 Å². The molecule has 0 unspecified atom stereocenters. The van der Waals surface area contributed by atoms with E-state index >= 15 is 0 Å². The molecule has 3 N–H and O–H groups in total. The van der Waals surface area contributed by atoms with Crippen molar-refractivity contribution in [1.82, 2.24) is 0 Å². The summed E-state index contributed by atoms with van der Waals surface area (Å²) in [6.45, 7) is -0.307. The van der Waals surface area contributed by atoms with Crippen molar-refractivity contribution in [2.75, 3.05) is 18.5 Å². The van der Waals surface area contributed by atoms with Crippen LogP contribution in [0.15, 0.2) is 77.0 Å². The molecule has 3 aromatic rings. The van der Waals surface area contributed by atoms with Crippen LogP contribution in [0.1, 0.15) is 22.6 Å². The summed E-state index contributed by atoms with van der Waals surface area (Å²) >= 11 is 0. The Hall–Kier alpha value is -4.69. The fourth-order valence-corrected chi connectivity index (χ4v) is 6.58. The Balaban J connectivity index is 1.80. The second-order valence-corrected chi connectivity index (χ2v) is 10.3. The van der Waals surface area contributed by atoms with Gasteiger partial charge in [-0.2, -0.15) is 5.26 Å². The Morgan fingerprint density at radius 1 is 1.11 bits per heavy atom. The van der Waals surface area contributed by atoms with Gasteiger partial charge in [0.05, 0.1) is 32.4 Å². The van der Waals surface area contributed by atoms with Crippen molar-refractivity contribution in [2.24, 2.45) is 5.73 Å². The Morgan fingerprint density at radius 2 is 1.74 bits per heavy atom. The number of hydrogen-bond acceptors (Lipinski definition) is 8. The number of nitrogens with zero attached hydrogens (tertiary/aromatic N) is 2. The van der Waals surface area contributed by atoms with Gasteiger partial charge in [0.1, 0.15) is 22.4 Å². The number of rotatable bonds is 5. The molecule has 2 aliphatic rings. The Labute approximate surface area is 218 Å². The number of aromatic hydroxyl groups is 1. The quantitative estimate of drug-likeness (QED) is 0.499. The van der Waals surface area contributed by atoms with E-state index < -0.39 is 21.8 Å². The summed E-state index contributed by atoms with van der Waals surface area (Å²) in [7, 11) is -1.78. The van der Waals surface area contributed by atoms with E-state index in [0.29, 0.717) is 5.56 Å². The number of hydrogen-bond donors (Lipinski definition) is 2. The number of benzene rings is 3. The predicted octanol–water partition coefficient (Wildman–Crippen LogP) is 4.07. The minimum atomic E-state index is -4.43. The summed E-state index contributed by atoms with van der Waals surface area (Å²) in [4.78, 5) is -0.256. The maximum Gasteiger partial charge on any atom is 0.265 e. The van der Waals surface area contributed by atoms with Crippen LogP contribution in [0.25, 0.3) is 5.76 Å². The number of halogens is 1. The zero-order valence-electron chi connectivity index (χ0n) is 20.3. The van der Waals surface area contributed by atoms with Crippen molar-refractivity contribution in [3.05, 3.63) is 99.5 Å². The van der Waals surface area contributed by atoms with E-state index in [-0.39, 0.29) is 62.7 Å². The smallest absolute Gasteiger partial charge is 0.265 e. The Bertz CT molecular complexity index is 1650. The van der Waals surface area contributed by atoms with Crippen LogP contribution in [-0.4, -0.2) is 27.7 Å². The van der Waals surface area contributed by atoms with E-state index in [1.54, 1.807) is 30.3 Å². The molecule has 2 aliphatic heterocycles. The van der Waals surface area contributed by atoms with Crippen LogP contribution in [0.4, 0.5) is 10.1 Å². The maximum atomic E-state index is 14.6. The van der Waals surface area contributed by atoms with Crippen LogP contribution in [0.2, 0.25) is 0 Å². The van der Waals surface area contributed by atoms with Gasteiger partial charge in [-0.25, -0.2) is 12.8 Å². The molecular weight excluding hydrogens is 513 g/mol. The highest BCUT2D eigenvalue weighted by Gasteiger charge is 2.47. The minimum absolute atomic E-state index is 0.000623. The first-order valence-electron chi connectivity index (χ1n) is 11.3. The second kappa shape index (κ2) is 9.32. The fourth-order valence-electron chi connectivity index (χ4n) is 4.67. The van der Waals surface area contributed by atoms with Gasteiger partial charge in [0, 0.05) is 11.1 Å². The van der Waals surface area contributed by atoms with Crippen molar-refractivity contribution in [3.63, 3.8) is 0 Å². The summed E-state index contributed by atoms with van der Waals surface area (Å²) < 4.78 is 60.7.